The highest BCUT2D eigenvalue weighted by Gasteiger charge is 2.28. The van der Waals surface area contributed by atoms with Gasteiger partial charge in [-0.1, -0.05) is 12.1 Å². The Balaban J connectivity index is 1.56. The van der Waals surface area contributed by atoms with Gasteiger partial charge in [0.1, 0.15) is 5.65 Å². The summed E-state index contributed by atoms with van der Waals surface area (Å²) in [6, 6.07) is 10.0. The van der Waals surface area contributed by atoms with E-state index in [0.717, 1.165) is 16.5 Å². The van der Waals surface area contributed by atoms with Crippen LogP contribution >= 0.6 is 10.6 Å². The SMILES string of the molecule is CC(O)c1cc2c(-c3ccc(S(=O)(=O)NC4CCS(O)(O)CC4)cc3)ccnc2[nH]1. The van der Waals surface area contributed by atoms with Crippen LogP contribution in [0.25, 0.3) is 22.2 Å². The number of aromatic amines is 1. The zero-order valence-corrected chi connectivity index (χ0v) is 18.1. The molecule has 2 aromatic heterocycles. The van der Waals surface area contributed by atoms with E-state index >= 15 is 0 Å². The maximum Gasteiger partial charge on any atom is 0.240 e. The van der Waals surface area contributed by atoms with Gasteiger partial charge in [-0.2, -0.15) is 10.6 Å². The highest BCUT2D eigenvalue weighted by atomic mass is 32.3. The molecular formula is C20H25N3O5S2. The first-order valence-electron chi connectivity index (χ1n) is 9.67. The summed E-state index contributed by atoms with van der Waals surface area (Å²) in [7, 11) is -6.25. The average molecular weight is 452 g/mol. The third kappa shape index (κ3) is 4.39. The van der Waals surface area contributed by atoms with Crippen LogP contribution in [-0.4, -0.2) is 50.1 Å². The van der Waals surface area contributed by atoms with Crippen molar-refractivity contribution in [2.24, 2.45) is 0 Å². The summed E-state index contributed by atoms with van der Waals surface area (Å²) in [6.07, 6.45) is 1.84. The fraction of sp³-hybridized carbons (Fsp3) is 0.350. The molecule has 3 heterocycles. The van der Waals surface area contributed by atoms with E-state index in [1.54, 1.807) is 37.4 Å². The minimum atomic E-state index is -3.70. The molecule has 30 heavy (non-hydrogen) atoms. The van der Waals surface area contributed by atoms with Crippen LogP contribution in [0.1, 0.15) is 31.6 Å². The van der Waals surface area contributed by atoms with Crippen LogP contribution in [-0.2, 0) is 10.0 Å². The predicted octanol–water partition coefficient (Wildman–Crippen LogP) is 3.47. The average Bonchev–Trinajstić information content (AvgIpc) is 3.14. The van der Waals surface area contributed by atoms with Crippen molar-refractivity contribution < 1.29 is 22.6 Å². The number of hydrogen-bond acceptors (Lipinski definition) is 6. The van der Waals surface area contributed by atoms with Crippen LogP contribution in [0.3, 0.4) is 0 Å². The van der Waals surface area contributed by atoms with Crippen molar-refractivity contribution in [1.29, 1.82) is 0 Å². The van der Waals surface area contributed by atoms with Gasteiger partial charge >= 0.3 is 0 Å². The van der Waals surface area contributed by atoms with Gasteiger partial charge in [0.05, 0.1) is 11.0 Å². The summed E-state index contributed by atoms with van der Waals surface area (Å²) in [5.74, 6) is 0.449. The van der Waals surface area contributed by atoms with E-state index in [-0.39, 0.29) is 22.4 Å². The van der Waals surface area contributed by atoms with Gasteiger partial charge in [-0.3, -0.25) is 9.11 Å². The number of nitrogens with zero attached hydrogens (tertiary/aromatic N) is 1. The maximum atomic E-state index is 12.7. The van der Waals surface area contributed by atoms with Gasteiger partial charge in [-0.05, 0) is 55.2 Å². The topological polar surface area (TPSA) is 136 Å². The molecule has 0 bridgehead atoms. The molecule has 5 N–H and O–H groups in total. The number of benzene rings is 1. The molecule has 0 radical (unpaired) electrons. The van der Waals surface area contributed by atoms with Gasteiger partial charge in [0.15, 0.2) is 0 Å². The molecule has 162 valence electrons. The van der Waals surface area contributed by atoms with Crippen LogP contribution in [0.15, 0.2) is 47.5 Å². The molecule has 1 atom stereocenters. The third-order valence-corrected chi connectivity index (χ3v) is 8.70. The number of fused-ring (bicyclic) bond motifs is 1. The maximum absolute atomic E-state index is 12.7. The molecule has 3 aromatic rings. The minimum absolute atomic E-state index is 0.160. The molecule has 0 saturated carbocycles. The Morgan fingerprint density at radius 3 is 2.47 bits per heavy atom. The number of pyridine rings is 1. The third-order valence-electron chi connectivity index (χ3n) is 5.39. The Hall–Kier alpha value is -1.95. The van der Waals surface area contributed by atoms with Gasteiger partial charge in [0.2, 0.25) is 10.0 Å². The van der Waals surface area contributed by atoms with E-state index in [2.05, 4.69) is 14.7 Å². The van der Waals surface area contributed by atoms with Crippen LogP contribution in [0.5, 0.6) is 0 Å². The normalized spacial score (nSPS) is 19.6. The van der Waals surface area contributed by atoms with Gasteiger partial charge in [-0.15, -0.1) is 0 Å². The standard InChI is InChI=1S/C20H25N3O5S2/c1-13(24)19-12-18-17(6-9-21-20(18)22-19)14-2-4-16(5-3-14)30(27,28)23-15-7-10-29(25,26)11-8-15/h2-6,9,12-13,15,23-26H,7-8,10-11H2,1H3,(H,21,22). The van der Waals surface area contributed by atoms with Crippen molar-refractivity contribution in [3.05, 3.63) is 48.3 Å². The molecule has 8 nitrogen and oxygen atoms in total. The summed E-state index contributed by atoms with van der Waals surface area (Å²) in [4.78, 5) is 7.55. The lowest BCUT2D eigenvalue weighted by atomic mass is 10.0. The zero-order chi connectivity index (χ0) is 21.5. The van der Waals surface area contributed by atoms with Gasteiger partial charge in [-0.25, -0.2) is 18.1 Å². The zero-order valence-electron chi connectivity index (χ0n) is 16.4. The molecule has 0 aliphatic carbocycles. The van der Waals surface area contributed by atoms with Crippen molar-refractivity contribution in [1.82, 2.24) is 14.7 Å². The van der Waals surface area contributed by atoms with Crippen molar-refractivity contribution in [2.75, 3.05) is 11.5 Å². The number of nitrogens with one attached hydrogen (secondary N) is 2. The highest BCUT2D eigenvalue weighted by molar-refractivity contribution is 8.24. The lowest BCUT2D eigenvalue weighted by molar-refractivity contribution is 0.195. The fourth-order valence-electron chi connectivity index (χ4n) is 3.65. The minimum Gasteiger partial charge on any atom is -0.387 e. The van der Waals surface area contributed by atoms with Crippen molar-refractivity contribution in [2.45, 2.75) is 36.8 Å². The van der Waals surface area contributed by atoms with Gasteiger partial charge < -0.3 is 10.1 Å². The largest absolute Gasteiger partial charge is 0.387 e. The van der Waals surface area contributed by atoms with E-state index in [4.69, 9.17) is 0 Å². The summed E-state index contributed by atoms with van der Waals surface area (Å²) in [6.45, 7) is 1.67. The molecule has 1 aliphatic heterocycles. The Morgan fingerprint density at radius 1 is 1.17 bits per heavy atom. The molecule has 0 amide bonds. The molecule has 4 rings (SSSR count). The highest BCUT2D eigenvalue weighted by Crippen LogP contribution is 2.44. The first-order chi connectivity index (χ1) is 14.1. The fourth-order valence-corrected chi connectivity index (χ4v) is 6.48. The molecule has 1 fully saturated rings. The smallest absolute Gasteiger partial charge is 0.240 e. The van der Waals surface area contributed by atoms with Gasteiger partial charge in [0, 0.05) is 34.8 Å². The van der Waals surface area contributed by atoms with Crippen LogP contribution in [0.2, 0.25) is 0 Å². The number of H-pyrrole nitrogens is 1. The van der Waals surface area contributed by atoms with E-state index < -0.39 is 26.7 Å². The molecular weight excluding hydrogens is 426 g/mol. The molecule has 1 aromatic carbocycles. The molecule has 1 saturated heterocycles. The van der Waals surface area contributed by atoms with Crippen LogP contribution in [0, 0.1) is 0 Å². The predicted molar refractivity (Wildman–Crippen MR) is 118 cm³/mol. The van der Waals surface area contributed by atoms with Gasteiger partial charge in [0.25, 0.3) is 0 Å². The first kappa shape index (κ1) is 21.3. The number of aliphatic hydroxyl groups is 1. The molecule has 10 heteroatoms. The van der Waals surface area contributed by atoms with E-state index in [9.17, 15) is 22.6 Å². The second kappa shape index (κ2) is 7.95. The summed E-state index contributed by atoms with van der Waals surface area (Å²) >= 11 is 0. The summed E-state index contributed by atoms with van der Waals surface area (Å²) in [5, 5.41) is 10.7. The van der Waals surface area contributed by atoms with Crippen molar-refractivity contribution in [3.8, 4) is 11.1 Å². The van der Waals surface area contributed by atoms with E-state index in [1.807, 2.05) is 12.1 Å². The first-order valence-corrected chi connectivity index (χ1v) is 13.0. The van der Waals surface area contributed by atoms with Crippen molar-refractivity contribution in [3.63, 3.8) is 0 Å². The number of aromatic nitrogens is 2. The Bertz CT molecular complexity index is 1150. The summed E-state index contributed by atoms with van der Waals surface area (Å²) < 4.78 is 47.5. The quantitative estimate of drug-likeness (QED) is 0.403. The van der Waals surface area contributed by atoms with Crippen molar-refractivity contribution >= 4 is 31.6 Å². The monoisotopic (exact) mass is 451 g/mol. The van der Waals surface area contributed by atoms with Crippen LogP contribution < -0.4 is 4.72 Å². The number of sulfonamides is 1. The Labute approximate surface area is 176 Å². The molecule has 1 unspecified atom stereocenters. The van der Waals surface area contributed by atoms with E-state index in [0.29, 0.717) is 24.2 Å². The second-order valence-corrected chi connectivity index (χ2v) is 11.8. The molecule has 0 spiro atoms. The Kier molecular flexibility index (Phi) is 5.64. The Morgan fingerprint density at radius 2 is 1.83 bits per heavy atom. The number of hydrogen-bond donors (Lipinski definition) is 5. The lowest BCUT2D eigenvalue weighted by Gasteiger charge is -2.39. The van der Waals surface area contributed by atoms with E-state index in [1.165, 1.54) is 0 Å². The number of rotatable bonds is 5. The number of aliphatic hydroxyl groups excluding tert-OH is 1. The lowest BCUT2D eigenvalue weighted by Crippen LogP contribution is -2.39. The second-order valence-electron chi connectivity index (χ2n) is 7.65. The molecule has 1 aliphatic rings. The summed E-state index contributed by atoms with van der Waals surface area (Å²) in [5.41, 5.74) is 3.05. The van der Waals surface area contributed by atoms with Crippen LogP contribution in [0.4, 0.5) is 0 Å².